The van der Waals surface area contributed by atoms with Gasteiger partial charge in [0.05, 0.1) is 18.8 Å². The van der Waals surface area contributed by atoms with Crippen LogP contribution < -0.4 is 10.6 Å². The van der Waals surface area contributed by atoms with Gasteiger partial charge in [-0.3, -0.25) is 0 Å². The van der Waals surface area contributed by atoms with Gasteiger partial charge in [-0.05, 0) is 49.4 Å². The van der Waals surface area contributed by atoms with Gasteiger partial charge in [-0.1, -0.05) is 18.2 Å². The topological polar surface area (TPSA) is 33.3 Å². The van der Waals surface area contributed by atoms with Gasteiger partial charge in [0, 0.05) is 13.1 Å². The molecule has 0 bridgehead atoms. The Morgan fingerprint density at radius 2 is 2.11 bits per heavy atom. The Labute approximate surface area is 115 Å². The van der Waals surface area contributed by atoms with E-state index in [2.05, 4.69) is 28.8 Å². The maximum Gasteiger partial charge on any atom is 0.0894 e. The quantitative estimate of drug-likeness (QED) is 0.869. The van der Waals surface area contributed by atoms with Crippen LogP contribution in [0.1, 0.15) is 35.6 Å². The molecule has 3 rings (SSSR count). The number of hydrogen-bond donors (Lipinski definition) is 2. The van der Waals surface area contributed by atoms with Crippen LogP contribution in [0.3, 0.4) is 0 Å². The molecule has 3 heteroatoms. The zero-order valence-corrected chi connectivity index (χ0v) is 11.7. The predicted octanol–water partition coefficient (Wildman–Crippen LogP) is 1.81. The monoisotopic (exact) mass is 260 g/mol. The molecule has 2 N–H and O–H groups in total. The summed E-state index contributed by atoms with van der Waals surface area (Å²) >= 11 is 0. The maximum absolute atomic E-state index is 5.90. The Kier molecular flexibility index (Phi) is 4.16. The Hall–Kier alpha value is -0.900. The Morgan fingerprint density at radius 3 is 2.84 bits per heavy atom. The molecule has 2 unspecified atom stereocenters. The summed E-state index contributed by atoms with van der Waals surface area (Å²) in [6.07, 6.45) is 5.41. The minimum absolute atomic E-state index is 0.236. The summed E-state index contributed by atoms with van der Waals surface area (Å²) in [5.74, 6) is 0. The molecule has 1 fully saturated rings. The molecule has 0 radical (unpaired) electrons. The molecule has 3 nitrogen and oxygen atoms in total. The molecule has 0 spiro atoms. The number of hydrogen-bond acceptors (Lipinski definition) is 3. The molecule has 1 aliphatic carbocycles. The third-order valence-corrected chi connectivity index (χ3v) is 4.37. The van der Waals surface area contributed by atoms with Gasteiger partial charge in [-0.25, -0.2) is 0 Å². The van der Waals surface area contributed by atoms with Crippen LogP contribution in [-0.2, 0) is 17.6 Å². The molecule has 2 aliphatic rings. The van der Waals surface area contributed by atoms with Crippen molar-refractivity contribution >= 4 is 0 Å². The second-order valence-corrected chi connectivity index (χ2v) is 5.61. The lowest BCUT2D eigenvalue weighted by Crippen LogP contribution is -2.45. The van der Waals surface area contributed by atoms with E-state index >= 15 is 0 Å². The van der Waals surface area contributed by atoms with Crippen molar-refractivity contribution in [1.82, 2.24) is 10.6 Å². The van der Waals surface area contributed by atoms with Gasteiger partial charge in [0.2, 0.25) is 0 Å². The smallest absolute Gasteiger partial charge is 0.0894 e. The van der Waals surface area contributed by atoms with E-state index in [-0.39, 0.29) is 6.10 Å². The van der Waals surface area contributed by atoms with Gasteiger partial charge in [0.15, 0.2) is 0 Å². The zero-order chi connectivity index (χ0) is 13.1. The predicted molar refractivity (Wildman–Crippen MR) is 77.5 cm³/mol. The number of benzene rings is 1. The molecule has 2 atom stereocenters. The van der Waals surface area contributed by atoms with Crippen LogP contribution in [0.5, 0.6) is 0 Å². The van der Waals surface area contributed by atoms with Crippen molar-refractivity contribution in [2.24, 2.45) is 0 Å². The number of fused-ring (bicyclic) bond motifs is 1. The molecular weight excluding hydrogens is 236 g/mol. The van der Waals surface area contributed by atoms with Crippen molar-refractivity contribution in [2.75, 3.05) is 26.7 Å². The lowest BCUT2D eigenvalue weighted by molar-refractivity contribution is 0.00536. The molecule has 1 saturated heterocycles. The number of likely N-dealkylation sites (N-methyl/N-ethyl adjacent to an activating group) is 1. The molecule has 0 saturated carbocycles. The largest absolute Gasteiger partial charge is 0.374 e. The molecule has 0 amide bonds. The molecule has 1 aliphatic heterocycles. The molecule has 19 heavy (non-hydrogen) atoms. The first-order chi connectivity index (χ1) is 9.38. The first-order valence-electron chi connectivity index (χ1n) is 7.50. The summed E-state index contributed by atoms with van der Waals surface area (Å²) in [6, 6.07) is 7.29. The third kappa shape index (κ3) is 2.83. The number of ether oxygens (including phenoxy) is 1. The Balaban J connectivity index is 1.82. The summed E-state index contributed by atoms with van der Waals surface area (Å²) in [5, 5.41) is 6.85. The standard InChI is InChI=1S/C16H24N2O/c1-17-16(15-11-18-8-9-19-15)14-7-6-12-4-2-3-5-13(12)10-14/h6-7,10,15-18H,2-5,8-9,11H2,1H3. The highest BCUT2D eigenvalue weighted by Crippen LogP contribution is 2.27. The number of morpholine rings is 1. The minimum atomic E-state index is 0.236. The van der Waals surface area contributed by atoms with Gasteiger partial charge < -0.3 is 15.4 Å². The fraction of sp³-hybridized carbons (Fsp3) is 0.625. The van der Waals surface area contributed by atoms with E-state index in [1.54, 1.807) is 11.1 Å². The van der Waals surface area contributed by atoms with Crippen LogP contribution in [0.2, 0.25) is 0 Å². The normalized spacial score (nSPS) is 24.8. The first-order valence-corrected chi connectivity index (χ1v) is 7.50. The van der Waals surface area contributed by atoms with E-state index < -0.39 is 0 Å². The highest BCUT2D eigenvalue weighted by atomic mass is 16.5. The van der Waals surface area contributed by atoms with Crippen molar-refractivity contribution in [2.45, 2.75) is 37.8 Å². The second kappa shape index (κ2) is 6.04. The molecule has 0 aromatic heterocycles. The van der Waals surface area contributed by atoms with E-state index in [4.69, 9.17) is 4.74 Å². The fourth-order valence-corrected chi connectivity index (χ4v) is 3.31. The van der Waals surface area contributed by atoms with Gasteiger partial charge in [-0.2, -0.15) is 0 Å². The van der Waals surface area contributed by atoms with Gasteiger partial charge in [0.1, 0.15) is 0 Å². The van der Waals surface area contributed by atoms with Crippen LogP contribution in [0.4, 0.5) is 0 Å². The number of rotatable bonds is 3. The average molecular weight is 260 g/mol. The Morgan fingerprint density at radius 1 is 1.26 bits per heavy atom. The van der Waals surface area contributed by atoms with E-state index in [0.29, 0.717) is 6.04 Å². The van der Waals surface area contributed by atoms with Crippen LogP contribution in [0.25, 0.3) is 0 Å². The van der Waals surface area contributed by atoms with Gasteiger partial charge in [-0.15, -0.1) is 0 Å². The number of aryl methyl sites for hydroxylation is 2. The molecule has 1 aromatic rings. The highest BCUT2D eigenvalue weighted by Gasteiger charge is 2.25. The second-order valence-electron chi connectivity index (χ2n) is 5.61. The SMILES string of the molecule is CNC(c1ccc2c(c1)CCCC2)C1CNCCO1. The van der Waals surface area contributed by atoms with Crippen LogP contribution >= 0.6 is 0 Å². The fourth-order valence-electron chi connectivity index (χ4n) is 3.31. The number of nitrogens with one attached hydrogen (secondary N) is 2. The first kappa shape index (κ1) is 13.1. The summed E-state index contributed by atoms with van der Waals surface area (Å²) < 4.78 is 5.90. The summed E-state index contributed by atoms with van der Waals surface area (Å²) in [4.78, 5) is 0. The van der Waals surface area contributed by atoms with E-state index in [9.17, 15) is 0 Å². The molecule has 1 heterocycles. The summed E-state index contributed by atoms with van der Waals surface area (Å²) in [7, 11) is 2.03. The van der Waals surface area contributed by atoms with Gasteiger partial charge in [0.25, 0.3) is 0 Å². The van der Waals surface area contributed by atoms with Crippen molar-refractivity contribution in [3.63, 3.8) is 0 Å². The van der Waals surface area contributed by atoms with Crippen molar-refractivity contribution < 1.29 is 4.74 Å². The zero-order valence-electron chi connectivity index (χ0n) is 11.7. The lowest BCUT2D eigenvalue weighted by atomic mass is 9.88. The average Bonchev–Trinajstić information content (AvgIpc) is 2.49. The van der Waals surface area contributed by atoms with Crippen molar-refractivity contribution in [1.29, 1.82) is 0 Å². The molecular formula is C16H24N2O. The van der Waals surface area contributed by atoms with Crippen LogP contribution in [0, 0.1) is 0 Å². The lowest BCUT2D eigenvalue weighted by Gasteiger charge is -2.31. The van der Waals surface area contributed by atoms with Crippen LogP contribution in [-0.4, -0.2) is 32.8 Å². The molecule has 1 aromatic carbocycles. The summed E-state index contributed by atoms with van der Waals surface area (Å²) in [5.41, 5.74) is 4.47. The molecule has 104 valence electrons. The van der Waals surface area contributed by atoms with E-state index in [0.717, 1.165) is 19.7 Å². The Bertz CT molecular complexity index is 427. The van der Waals surface area contributed by atoms with E-state index in [1.165, 1.54) is 31.2 Å². The van der Waals surface area contributed by atoms with E-state index in [1.807, 2.05) is 7.05 Å². The minimum Gasteiger partial charge on any atom is -0.374 e. The van der Waals surface area contributed by atoms with Crippen LogP contribution in [0.15, 0.2) is 18.2 Å². The summed E-state index contributed by atoms with van der Waals surface area (Å²) in [6.45, 7) is 2.72. The highest BCUT2D eigenvalue weighted by molar-refractivity contribution is 5.35. The maximum atomic E-state index is 5.90. The van der Waals surface area contributed by atoms with Crippen molar-refractivity contribution in [3.8, 4) is 0 Å². The third-order valence-electron chi connectivity index (χ3n) is 4.37. The van der Waals surface area contributed by atoms with Gasteiger partial charge >= 0.3 is 0 Å². The van der Waals surface area contributed by atoms with Crippen molar-refractivity contribution in [3.05, 3.63) is 34.9 Å².